The third-order valence-corrected chi connectivity index (χ3v) is 4.36. The molecule has 1 aliphatic rings. The van der Waals surface area contributed by atoms with Crippen molar-refractivity contribution in [2.45, 2.75) is 39.3 Å². The Kier molecular flexibility index (Phi) is 4.94. The number of rotatable bonds is 5. The number of nitrogens with one attached hydrogen (secondary N) is 1. The highest BCUT2D eigenvalue weighted by atomic mass is 19.1. The lowest BCUT2D eigenvalue weighted by molar-refractivity contribution is 0.0506. The summed E-state index contributed by atoms with van der Waals surface area (Å²) in [6.45, 7) is 5.35. The van der Waals surface area contributed by atoms with Crippen LogP contribution < -0.4 is 0 Å². The van der Waals surface area contributed by atoms with Crippen molar-refractivity contribution in [3.05, 3.63) is 52.6 Å². The van der Waals surface area contributed by atoms with E-state index in [-0.39, 0.29) is 17.8 Å². The van der Waals surface area contributed by atoms with Crippen LogP contribution in [-0.2, 0) is 11.3 Å². The second-order valence-corrected chi connectivity index (χ2v) is 6.26. The molecular formula is C18H22FN3O2. The Bertz CT molecular complexity index is 686. The molecule has 5 nitrogen and oxygen atoms in total. The Morgan fingerprint density at radius 3 is 2.71 bits per heavy atom. The summed E-state index contributed by atoms with van der Waals surface area (Å²) in [7, 11) is 0. The number of carbonyl (C=O) groups is 1. The van der Waals surface area contributed by atoms with E-state index in [9.17, 15) is 9.18 Å². The van der Waals surface area contributed by atoms with E-state index in [4.69, 9.17) is 4.74 Å². The molecule has 24 heavy (non-hydrogen) atoms. The molecule has 1 N–H and O–H groups in total. The molecule has 0 aliphatic carbocycles. The summed E-state index contributed by atoms with van der Waals surface area (Å²) in [6.07, 6.45) is 2.03. The van der Waals surface area contributed by atoms with E-state index >= 15 is 0 Å². The van der Waals surface area contributed by atoms with Crippen LogP contribution in [0.25, 0.3) is 0 Å². The molecule has 128 valence electrons. The summed E-state index contributed by atoms with van der Waals surface area (Å²) >= 11 is 0. The highest BCUT2D eigenvalue weighted by Crippen LogP contribution is 2.19. The molecule has 0 unspecified atom stereocenters. The number of nitrogens with zero attached hydrogens (tertiary/aromatic N) is 2. The largest absolute Gasteiger partial charge is 0.376 e. The van der Waals surface area contributed by atoms with E-state index in [0.29, 0.717) is 24.3 Å². The zero-order chi connectivity index (χ0) is 17.1. The van der Waals surface area contributed by atoms with Gasteiger partial charge in [0.15, 0.2) is 0 Å². The fourth-order valence-corrected chi connectivity index (χ4v) is 3.09. The SMILES string of the molecule is Cc1n[nH]c(C)c1C(=O)N(Cc1ccc(F)cc1)C[C@@H]1CCCO1. The molecular weight excluding hydrogens is 309 g/mol. The van der Waals surface area contributed by atoms with Gasteiger partial charge in [-0.05, 0) is 44.4 Å². The van der Waals surface area contributed by atoms with Gasteiger partial charge >= 0.3 is 0 Å². The zero-order valence-electron chi connectivity index (χ0n) is 14.0. The minimum Gasteiger partial charge on any atom is -0.376 e. The number of ether oxygens (including phenoxy) is 1. The lowest BCUT2D eigenvalue weighted by atomic mass is 10.1. The van der Waals surface area contributed by atoms with Crippen molar-refractivity contribution in [1.82, 2.24) is 15.1 Å². The molecule has 1 fully saturated rings. The number of aryl methyl sites for hydroxylation is 2. The second-order valence-electron chi connectivity index (χ2n) is 6.26. The van der Waals surface area contributed by atoms with Crippen LogP contribution in [0.2, 0.25) is 0 Å². The van der Waals surface area contributed by atoms with Gasteiger partial charge < -0.3 is 9.64 Å². The molecule has 0 spiro atoms. The summed E-state index contributed by atoms with van der Waals surface area (Å²) < 4.78 is 18.8. The third-order valence-electron chi connectivity index (χ3n) is 4.36. The number of aromatic amines is 1. The van der Waals surface area contributed by atoms with Crippen LogP contribution in [0.4, 0.5) is 4.39 Å². The molecule has 0 bridgehead atoms. The van der Waals surface area contributed by atoms with Gasteiger partial charge in [0.05, 0.1) is 17.4 Å². The van der Waals surface area contributed by atoms with E-state index in [1.54, 1.807) is 17.0 Å². The first kappa shape index (κ1) is 16.6. The van der Waals surface area contributed by atoms with Gasteiger partial charge in [-0.15, -0.1) is 0 Å². The van der Waals surface area contributed by atoms with Gasteiger partial charge in [-0.2, -0.15) is 5.10 Å². The standard InChI is InChI=1S/C18H22FN3O2/c1-12-17(13(2)21-20-12)18(23)22(11-16-4-3-9-24-16)10-14-5-7-15(19)8-6-14/h5-8,16H,3-4,9-11H2,1-2H3,(H,20,21)/t16-/m0/s1. The van der Waals surface area contributed by atoms with Gasteiger partial charge in [0.2, 0.25) is 0 Å². The second kappa shape index (κ2) is 7.13. The molecule has 1 aromatic heterocycles. The van der Waals surface area contributed by atoms with Crippen LogP contribution in [0.5, 0.6) is 0 Å². The summed E-state index contributed by atoms with van der Waals surface area (Å²) in [4.78, 5) is 14.8. The lowest BCUT2D eigenvalue weighted by Gasteiger charge is -2.26. The van der Waals surface area contributed by atoms with Crippen LogP contribution in [0.15, 0.2) is 24.3 Å². The van der Waals surface area contributed by atoms with Gasteiger partial charge in [0, 0.05) is 25.4 Å². The van der Waals surface area contributed by atoms with Gasteiger partial charge in [0.1, 0.15) is 5.82 Å². The maximum absolute atomic E-state index is 13.1. The Labute approximate surface area is 140 Å². The maximum atomic E-state index is 13.1. The lowest BCUT2D eigenvalue weighted by Crippen LogP contribution is -2.37. The maximum Gasteiger partial charge on any atom is 0.257 e. The average molecular weight is 331 g/mol. The number of amides is 1. The fourth-order valence-electron chi connectivity index (χ4n) is 3.09. The molecule has 0 saturated carbocycles. The predicted octanol–water partition coefficient (Wildman–Crippen LogP) is 2.99. The monoisotopic (exact) mass is 331 g/mol. The quantitative estimate of drug-likeness (QED) is 0.916. The summed E-state index contributed by atoms with van der Waals surface area (Å²) in [5.74, 6) is -0.351. The van der Waals surface area contributed by atoms with Gasteiger partial charge in [0.25, 0.3) is 5.91 Å². The normalized spacial score (nSPS) is 17.2. The Morgan fingerprint density at radius 1 is 1.38 bits per heavy atom. The van der Waals surface area contributed by atoms with E-state index in [1.165, 1.54) is 12.1 Å². The molecule has 0 radical (unpaired) electrons. The van der Waals surface area contributed by atoms with Crippen LogP contribution >= 0.6 is 0 Å². The molecule has 1 aliphatic heterocycles. The molecule has 6 heteroatoms. The number of hydrogen-bond donors (Lipinski definition) is 1. The zero-order valence-corrected chi connectivity index (χ0v) is 14.0. The summed E-state index contributed by atoms with van der Waals surface area (Å²) in [6, 6.07) is 6.25. The highest BCUT2D eigenvalue weighted by Gasteiger charge is 2.26. The number of benzene rings is 1. The van der Waals surface area contributed by atoms with Gasteiger partial charge in [-0.1, -0.05) is 12.1 Å². The first-order valence-corrected chi connectivity index (χ1v) is 8.21. The Hall–Kier alpha value is -2.21. The van der Waals surface area contributed by atoms with Gasteiger partial charge in [-0.3, -0.25) is 9.89 Å². The molecule has 1 atom stereocenters. The minimum atomic E-state index is -0.280. The van der Waals surface area contributed by atoms with Crippen molar-refractivity contribution >= 4 is 5.91 Å². The van der Waals surface area contributed by atoms with E-state index in [0.717, 1.165) is 30.7 Å². The summed E-state index contributed by atoms with van der Waals surface area (Å²) in [5, 5.41) is 6.98. The number of aromatic nitrogens is 2. The van der Waals surface area contributed by atoms with Crippen LogP contribution in [0.1, 0.15) is 40.2 Å². The Morgan fingerprint density at radius 2 is 2.12 bits per heavy atom. The first-order chi connectivity index (χ1) is 11.5. The van der Waals surface area contributed by atoms with Crippen molar-refractivity contribution in [3.8, 4) is 0 Å². The van der Waals surface area contributed by atoms with E-state index in [2.05, 4.69) is 10.2 Å². The van der Waals surface area contributed by atoms with Crippen molar-refractivity contribution in [1.29, 1.82) is 0 Å². The molecule has 3 rings (SSSR count). The third kappa shape index (κ3) is 3.64. The molecule has 2 heterocycles. The smallest absolute Gasteiger partial charge is 0.257 e. The van der Waals surface area contributed by atoms with E-state index in [1.807, 2.05) is 13.8 Å². The molecule has 1 amide bonds. The molecule has 1 aromatic carbocycles. The van der Waals surface area contributed by atoms with E-state index < -0.39 is 0 Å². The Balaban J connectivity index is 1.83. The van der Waals surface area contributed by atoms with Gasteiger partial charge in [-0.25, -0.2) is 4.39 Å². The van der Waals surface area contributed by atoms with Crippen molar-refractivity contribution in [2.24, 2.45) is 0 Å². The number of carbonyl (C=O) groups excluding carboxylic acids is 1. The van der Waals surface area contributed by atoms with Crippen LogP contribution in [0, 0.1) is 19.7 Å². The molecule has 1 saturated heterocycles. The molecule has 2 aromatic rings. The number of hydrogen-bond acceptors (Lipinski definition) is 3. The van der Waals surface area contributed by atoms with Crippen LogP contribution in [-0.4, -0.2) is 40.3 Å². The first-order valence-electron chi connectivity index (χ1n) is 8.21. The highest BCUT2D eigenvalue weighted by molar-refractivity contribution is 5.96. The number of halogens is 1. The van der Waals surface area contributed by atoms with Crippen molar-refractivity contribution in [3.63, 3.8) is 0 Å². The van der Waals surface area contributed by atoms with Crippen LogP contribution in [0.3, 0.4) is 0 Å². The topological polar surface area (TPSA) is 58.2 Å². The average Bonchev–Trinajstić information content (AvgIpc) is 3.18. The number of H-pyrrole nitrogens is 1. The predicted molar refractivity (Wildman–Crippen MR) is 88.2 cm³/mol. The fraction of sp³-hybridized carbons (Fsp3) is 0.444. The minimum absolute atomic E-state index is 0.0573. The van der Waals surface area contributed by atoms with Crippen molar-refractivity contribution in [2.75, 3.05) is 13.2 Å². The van der Waals surface area contributed by atoms with Crippen molar-refractivity contribution < 1.29 is 13.9 Å². The summed E-state index contributed by atoms with van der Waals surface area (Å²) in [5.41, 5.74) is 2.94.